The number of fused-ring (bicyclic) bond motifs is 1. The van der Waals surface area contributed by atoms with Gasteiger partial charge in [-0.2, -0.15) is 0 Å². The molecular formula is C15H20FNO. The second-order valence-corrected chi connectivity index (χ2v) is 6.20. The molecule has 1 saturated carbocycles. The van der Waals surface area contributed by atoms with Gasteiger partial charge in [0.15, 0.2) is 0 Å². The maximum absolute atomic E-state index is 14.7. The van der Waals surface area contributed by atoms with Gasteiger partial charge in [0.05, 0.1) is 6.61 Å². The minimum Gasteiger partial charge on any atom is -0.395 e. The third-order valence-corrected chi connectivity index (χ3v) is 4.96. The third-order valence-electron chi connectivity index (χ3n) is 4.96. The lowest BCUT2D eigenvalue weighted by molar-refractivity contribution is 0.0951. The number of hydrogen-bond acceptors (Lipinski definition) is 2. The first kappa shape index (κ1) is 12.1. The number of aliphatic hydroxyl groups excluding tert-OH is 1. The van der Waals surface area contributed by atoms with E-state index in [1.807, 2.05) is 32.0 Å². The predicted octanol–water partition coefficient (Wildman–Crippen LogP) is 2.23. The molecule has 1 heterocycles. The van der Waals surface area contributed by atoms with Crippen LogP contribution in [0.1, 0.15) is 19.4 Å². The second kappa shape index (κ2) is 3.78. The van der Waals surface area contributed by atoms with Crippen molar-refractivity contribution < 1.29 is 9.50 Å². The van der Waals surface area contributed by atoms with E-state index in [0.29, 0.717) is 6.54 Å². The van der Waals surface area contributed by atoms with Gasteiger partial charge in [-0.05, 0) is 5.56 Å². The van der Waals surface area contributed by atoms with E-state index < -0.39 is 5.67 Å². The number of aliphatic hydroxyl groups is 1. The normalized spacial score (nSPS) is 37.6. The first-order chi connectivity index (χ1) is 8.50. The van der Waals surface area contributed by atoms with Crippen LogP contribution in [0.15, 0.2) is 30.3 Å². The molecule has 3 heteroatoms. The molecule has 2 unspecified atom stereocenters. The SMILES string of the molecule is CC1(C)C2[C@@H](CO)N(Cc3ccccc3)CC21F. The number of halogens is 1. The molecule has 18 heavy (non-hydrogen) atoms. The minimum atomic E-state index is -1.10. The number of rotatable bonds is 3. The van der Waals surface area contributed by atoms with Crippen molar-refractivity contribution in [2.24, 2.45) is 11.3 Å². The van der Waals surface area contributed by atoms with Crippen LogP contribution in [0.3, 0.4) is 0 Å². The average molecular weight is 249 g/mol. The lowest BCUT2D eigenvalue weighted by atomic mass is 10.0. The molecule has 0 amide bonds. The summed E-state index contributed by atoms with van der Waals surface area (Å²) in [7, 11) is 0. The molecule has 1 N–H and O–H groups in total. The van der Waals surface area contributed by atoms with E-state index in [1.165, 1.54) is 5.56 Å². The van der Waals surface area contributed by atoms with E-state index in [1.54, 1.807) is 0 Å². The molecule has 0 radical (unpaired) electrons. The Morgan fingerprint density at radius 2 is 2.00 bits per heavy atom. The summed E-state index contributed by atoms with van der Waals surface area (Å²) < 4.78 is 14.7. The van der Waals surface area contributed by atoms with Gasteiger partial charge in [0, 0.05) is 30.5 Å². The van der Waals surface area contributed by atoms with E-state index in [0.717, 1.165) is 6.54 Å². The predicted molar refractivity (Wildman–Crippen MR) is 68.8 cm³/mol. The molecule has 0 aromatic heterocycles. The Kier molecular flexibility index (Phi) is 2.55. The fourth-order valence-electron chi connectivity index (χ4n) is 3.76. The Balaban J connectivity index is 1.77. The molecule has 2 aliphatic rings. The molecule has 3 rings (SSSR count). The van der Waals surface area contributed by atoms with E-state index in [-0.39, 0.29) is 24.0 Å². The van der Waals surface area contributed by atoms with Gasteiger partial charge < -0.3 is 5.11 Å². The summed E-state index contributed by atoms with van der Waals surface area (Å²) in [6.45, 7) is 5.17. The molecular weight excluding hydrogens is 229 g/mol. The van der Waals surface area contributed by atoms with Crippen LogP contribution in [0.5, 0.6) is 0 Å². The summed E-state index contributed by atoms with van der Waals surface area (Å²) in [5.41, 5.74) is -0.193. The maximum Gasteiger partial charge on any atom is 0.134 e. The Bertz CT molecular complexity index is 447. The van der Waals surface area contributed by atoms with Crippen molar-refractivity contribution in [2.45, 2.75) is 32.1 Å². The van der Waals surface area contributed by atoms with Crippen LogP contribution in [-0.2, 0) is 6.54 Å². The van der Waals surface area contributed by atoms with Crippen LogP contribution in [-0.4, -0.2) is 34.9 Å². The van der Waals surface area contributed by atoms with Gasteiger partial charge >= 0.3 is 0 Å². The number of alkyl halides is 1. The van der Waals surface area contributed by atoms with Gasteiger partial charge in [0.1, 0.15) is 5.67 Å². The van der Waals surface area contributed by atoms with E-state index in [4.69, 9.17) is 0 Å². The highest BCUT2D eigenvalue weighted by atomic mass is 19.1. The Hall–Kier alpha value is -0.930. The monoisotopic (exact) mass is 249 g/mol. The van der Waals surface area contributed by atoms with Crippen LogP contribution in [0.25, 0.3) is 0 Å². The van der Waals surface area contributed by atoms with Crippen molar-refractivity contribution in [2.75, 3.05) is 13.2 Å². The second-order valence-electron chi connectivity index (χ2n) is 6.20. The van der Waals surface area contributed by atoms with Gasteiger partial charge in [-0.25, -0.2) is 4.39 Å². The summed E-state index contributed by atoms with van der Waals surface area (Å²) >= 11 is 0. The van der Waals surface area contributed by atoms with Crippen LogP contribution in [0.2, 0.25) is 0 Å². The van der Waals surface area contributed by atoms with E-state index in [9.17, 15) is 9.50 Å². The largest absolute Gasteiger partial charge is 0.395 e. The fraction of sp³-hybridized carbons (Fsp3) is 0.600. The quantitative estimate of drug-likeness (QED) is 0.888. The van der Waals surface area contributed by atoms with E-state index >= 15 is 0 Å². The summed E-state index contributed by atoms with van der Waals surface area (Å²) in [6.07, 6.45) is 0. The van der Waals surface area contributed by atoms with Gasteiger partial charge in [-0.15, -0.1) is 0 Å². The van der Waals surface area contributed by atoms with Crippen molar-refractivity contribution in [3.8, 4) is 0 Å². The van der Waals surface area contributed by atoms with Crippen molar-refractivity contribution >= 4 is 0 Å². The minimum absolute atomic E-state index is 0.0151. The van der Waals surface area contributed by atoms with Crippen LogP contribution in [0, 0.1) is 11.3 Å². The summed E-state index contributed by atoms with van der Waals surface area (Å²) in [5, 5.41) is 9.55. The highest BCUT2D eigenvalue weighted by Gasteiger charge is 2.79. The Labute approximate surface area is 107 Å². The number of nitrogens with zero attached hydrogens (tertiary/aromatic N) is 1. The number of likely N-dealkylation sites (tertiary alicyclic amines) is 1. The summed E-state index contributed by atoms with van der Waals surface area (Å²) in [6, 6.07) is 10.0. The van der Waals surface area contributed by atoms with Crippen LogP contribution < -0.4 is 0 Å². The van der Waals surface area contributed by atoms with Gasteiger partial charge in [-0.1, -0.05) is 44.2 Å². The Morgan fingerprint density at radius 3 is 2.61 bits per heavy atom. The van der Waals surface area contributed by atoms with E-state index in [2.05, 4.69) is 17.0 Å². The number of piperidine rings is 1. The molecule has 1 saturated heterocycles. The standard InChI is InChI=1S/C15H20FNO/c1-14(2)13-12(9-18)17(10-15(13,14)16)8-11-6-4-3-5-7-11/h3-7,12-13,18H,8-10H2,1-2H3/t12-,13?,15?/m1/s1. The van der Waals surface area contributed by atoms with Crippen molar-refractivity contribution in [1.82, 2.24) is 4.90 Å². The first-order valence-electron chi connectivity index (χ1n) is 6.58. The Morgan fingerprint density at radius 1 is 1.33 bits per heavy atom. The van der Waals surface area contributed by atoms with Gasteiger partial charge in [0.2, 0.25) is 0 Å². The molecule has 1 aliphatic heterocycles. The van der Waals surface area contributed by atoms with Crippen molar-refractivity contribution in [3.63, 3.8) is 0 Å². The lowest BCUT2D eigenvalue weighted by Crippen LogP contribution is -2.39. The topological polar surface area (TPSA) is 23.5 Å². The third kappa shape index (κ3) is 1.47. The molecule has 3 atom stereocenters. The lowest BCUT2D eigenvalue weighted by Gasteiger charge is -2.29. The molecule has 2 fully saturated rings. The van der Waals surface area contributed by atoms with Crippen molar-refractivity contribution in [3.05, 3.63) is 35.9 Å². The highest BCUT2D eigenvalue weighted by Crippen LogP contribution is 2.70. The smallest absolute Gasteiger partial charge is 0.134 e. The number of hydrogen-bond donors (Lipinski definition) is 1. The molecule has 0 spiro atoms. The van der Waals surface area contributed by atoms with Crippen LogP contribution in [0.4, 0.5) is 4.39 Å². The molecule has 0 bridgehead atoms. The zero-order valence-electron chi connectivity index (χ0n) is 10.9. The van der Waals surface area contributed by atoms with Crippen LogP contribution >= 0.6 is 0 Å². The molecule has 98 valence electrons. The molecule has 1 aromatic carbocycles. The van der Waals surface area contributed by atoms with Gasteiger partial charge in [-0.3, -0.25) is 4.90 Å². The number of benzene rings is 1. The first-order valence-corrected chi connectivity index (χ1v) is 6.58. The molecule has 1 aromatic rings. The zero-order valence-corrected chi connectivity index (χ0v) is 10.9. The highest BCUT2D eigenvalue weighted by molar-refractivity contribution is 5.29. The average Bonchev–Trinajstić information content (AvgIpc) is 2.66. The van der Waals surface area contributed by atoms with Crippen molar-refractivity contribution in [1.29, 1.82) is 0 Å². The van der Waals surface area contributed by atoms with Gasteiger partial charge in [0.25, 0.3) is 0 Å². The fourth-order valence-corrected chi connectivity index (χ4v) is 3.76. The summed E-state index contributed by atoms with van der Waals surface area (Å²) in [5.74, 6) is -0.0151. The molecule has 1 aliphatic carbocycles. The summed E-state index contributed by atoms with van der Waals surface area (Å²) in [4.78, 5) is 2.09. The maximum atomic E-state index is 14.7. The molecule has 2 nitrogen and oxygen atoms in total. The zero-order chi connectivity index (χ0) is 13.0.